The van der Waals surface area contributed by atoms with E-state index in [0.29, 0.717) is 12.2 Å². The summed E-state index contributed by atoms with van der Waals surface area (Å²) in [5.74, 6) is 0.656. The van der Waals surface area contributed by atoms with Crippen LogP contribution in [0, 0.1) is 6.92 Å². The molecule has 0 radical (unpaired) electrons. The number of hydrogen-bond donors (Lipinski definition) is 2. The molecule has 1 aromatic carbocycles. The van der Waals surface area contributed by atoms with Crippen molar-refractivity contribution in [1.29, 1.82) is 0 Å². The topological polar surface area (TPSA) is 71.2 Å². The molecule has 2 aromatic rings. The lowest BCUT2D eigenvalue weighted by atomic mass is 10.1. The summed E-state index contributed by atoms with van der Waals surface area (Å²) in [7, 11) is 0. The van der Waals surface area contributed by atoms with Crippen LogP contribution in [0.3, 0.4) is 0 Å². The first kappa shape index (κ1) is 23.8. The molecule has 6 heteroatoms. The minimum Gasteiger partial charge on any atom is -0.384 e. The third-order valence-electron chi connectivity index (χ3n) is 4.66. The zero-order valence-electron chi connectivity index (χ0n) is 17.2. The number of unbranched alkanes of at least 4 members (excludes halogenated alkanes) is 2. The van der Waals surface area contributed by atoms with E-state index in [1.165, 1.54) is 0 Å². The van der Waals surface area contributed by atoms with Gasteiger partial charge in [0.1, 0.15) is 5.82 Å². The molecule has 5 nitrogen and oxygen atoms in total. The Morgan fingerprint density at radius 2 is 1.82 bits per heavy atom. The van der Waals surface area contributed by atoms with Gasteiger partial charge >= 0.3 is 0 Å². The van der Waals surface area contributed by atoms with Crippen LogP contribution in [0.5, 0.6) is 0 Å². The van der Waals surface area contributed by atoms with E-state index in [4.69, 9.17) is 5.73 Å². The van der Waals surface area contributed by atoms with Crippen molar-refractivity contribution in [1.82, 2.24) is 4.98 Å². The number of halogens is 1. The van der Waals surface area contributed by atoms with Crippen molar-refractivity contribution in [3.8, 4) is 0 Å². The maximum Gasteiger partial charge on any atom is 0.224 e. The van der Waals surface area contributed by atoms with E-state index < -0.39 is 0 Å². The van der Waals surface area contributed by atoms with Crippen molar-refractivity contribution in [3.05, 3.63) is 47.7 Å². The fourth-order valence-electron chi connectivity index (χ4n) is 3.30. The summed E-state index contributed by atoms with van der Waals surface area (Å²) in [6.07, 6.45) is 4.33. The fourth-order valence-corrected chi connectivity index (χ4v) is 3.30. The molecule has 0 fully saturated rings. The van der Waals surface area contributed by atoms with Crippen LogP contribution in [-0.4, -0.2) is 24.0 Å². The van der Waals surface area contributed by atoms with E-state index in [2.05, 4.69) is 41.2 Å². The van der Waals surface area contributed by atoms with E-state index in [-0.39, 0.29) is 18.3 Å². The summed E-state index contributed by atoms with van der Waals surface area (Å²) >= 11 is 0. The third kappa shape index (κ3) is 7.39. The van der Waals surface area contributed by atoms with Gasteiger partial charge in [-0.25, -0.2) is 4.98 Å². The highest BCUT2D eigenvalue weighted by atomic mass is 35.5. The number of aromatic nitrogens is 1. The molecule has 0 aliphatic carbocycles. The Hall–Kier alpha value is -2.27. The molecular weight excluding hydrogens is 372 g/mol. The van der Waals surface area contributed by atoms with E-state index in [0.717, 1.165) is 61.4 Å². The minimum atomic E-state index is 0. The van der Waals surface area contributed by atoms with Gasteiger partial charge in [-0.15, -0.1) is 12.4 Å². The first-order valence-corrected chi connectivity index (χ1v) is 9.90. The first-order valence-electron chi connectivity index (χ1n) is 9.90. The Morgan fingerprint density at radius 1 is 1.11 bits per heavy atom. The first-order chi connectivity index (χ1) is 13.0. The van der Waals surface area contributed by atoms with Gasteiger partial charge in [-0.3, -0.25) is 4.79 Å². The van der Waals surface area contributed by atoms with E-state index in [1.54, 1.807) is 0 Å². The number of hydrogen-bond acceptors (Lipinski definition) is 4. The molecule has 2 rings (SSSR count). The number of carbonyl (C=O) groups is 1. The zero-order valence-corrected chi connectivity index (χ0v) is 18.0. The number of para-hydroxylation sites is 2. The normalized spacial score (nSPS) is 10.2. The molecule has 0 saturated carbocycles. The molecular formula is C22H33ClN4O. The van der Waals surface area contributed by atoms with E-state index in [9.17, 15) is 4.79 Å². The van der Waals surface area contributed by atoms with Crippen LogP contribution < -0.4 is 16.0 Å². The summed E-state index contributed by atoms with van der Waals surface area (Å²) in [5.41, 5.74) is 9.94. The van der Waals surface area contributed by atoms with Crippen LogP contribution >= 0.6 is 12.4 Å². The van der Waals surface area contributed by atoms with Crippen molar-refractivity contribution in [3.63, 3.8) is 0 Å². The van der Waals surface area contributed by atoms with Gasteiger partial charge in [0, 0.05) is 25.2 Å². The smallest absolute Gasteiger partial charge is 0.224 e. The Morgan fingerprint density at radius 3 is 2.50 bits per heavy atom. The van der Waals surface area contributed by atoms with Crippen molar-refractivity contribution >= 4 is 35.5 Å². The fraction of sp³-hybridized carbons (Fsp3) is 0.455. The molecule has 0 saturated heterocycles. The van der Waals surface area contributed by atoms with Gasteiger partial charge in [0.05, 0.1) is 11.4 Å². The summed E-state index contributed by atoms with van der Waals surface area (Å²) in [6.45, 7) is 8.11. The molecule has 0 atom stereocenters. The summed E-state index contributed by atoms with van der Waals surface area (Å²) < 4.78 is 0. The van der Waals surface area contributed by atoms with Crippen LogP contribution in [0.15, 0.2) is 36.4 Å². The van der Waals surface area contributed by atoms with E-state index >= 15 is 0 Å². The molecule has 0 bridgehead atoms. The van der Waals surface area contributed by atoms with Gasteiger partial charge in [0.25, 0.3) is 0 Å². The predicted octanol–water partition coefficient (Wildman–Crippen LogP) is 4.98. The highest BCUT2D eigenvalue weighted by molar-refractivity contribution is 5.94. The highest BCUT2D eigenvalue weighted by Crippen LogP contribution is 2.25. The maximum atomic E-state index is 12.3. The maximum absolute atomic E-state index is 12.3. The van der Waals surface area contributed by atoms with Crippen LogP contribution in [0.4, 0.5) is 17.2 Å². The van der Waals surface area contributed by atoms with Crippen LogP contribution in [-0.2, 0) is 11.2 Å². The number of nitrogens with one attached hydrogen (secondary N) is 1. The monoisotopic (exact) mass is 404 g/mol. The second kappa shape index (κ2) is 12.2. The number of nitrogen functional groups attached to an aromatic ring is 1. The largest absolute Gasteiger partial charge is 0.384 e. The average molecular weight is 405 g/mol. The standard InChI is InChI=1S/C22H32N4O.ClH/c1-4-26(5-2)20-13-10-9-12-19(20)25-22(27)14-8-6-7-11-18-15-17(3)16-21(23)24-18;/h9-10,12-13,15-16H,4-8,11,14H2,1-3H3,(H2,23,24)(H,25,27);1H. The molecule has 0 aliphatic heterocycles. The SMILES string of the molecule is CCN(CC)c1ccccc1NC(=O)CCCCCc1cc(C)cc(N)n1.Cl. The molecule has 3 N–H and O–H groups in total. The Balaban J connectivity index is 0.00000392. The lowest BCUT2D eigenvalue weighted by Crippen LogP contribution is -2.24. The van der Waals surface area contributed by atoms with Gasteiger partial charge in [-0.05, 0) is 69.9 Å². The Bertz CT molecular complexity index is 727. The average Bonchev–Trinajstić information content (AvgIpc) is 2.63. The van der Waals surface area contributed by atoms with Crippen molar-refractivity contribution < 1.29 is 4.79 Å². The number of aryl methyl sites for hydroxylation is 2. The summed E-state index contributed by atoms with van der Waals surface area (Å²) in [5, 5.41) is 3.07. The highest BCUT2D eigenvalue weighted by Gasteiger charge is 2.10. The number of anilines is 3. The Labute approximate surface area is 175 Å². The van der Waals surface area contributed by atoms with Gasteiger partial charge in [-0.1, -0.05) is 18.6 Å². The molecule has 0 aliphatic rings. The quantitative estimate of drug-likeness (QED) is 0.547. The Kier molecular flexibility index (Phi) is 10.4. The molecule has 28 heavy (non-hydrogen) atoms. The number of benzene rings is 1. The molecule has 1 heterocycles. The molecule has 154 valence electrons. The van der Waals surface area contributed by atoms with Crippen molar-refractivity contribution in [2.75, 3.05) is 29.0 Å². The number of pyridine rings is 1. The van der Waals surface area contributed by atoms with Gasteiger partial charge in [0.2, 0.25) is 5.91 Å². The molecule has 0 spiro atoms. The van der Waals surface area contributed by atoms with Gasteiger partial charge in [0.15, 0.2) is 0 Å². The van der Waals surface area contributed by atoms with E-state index in [1.807, 2.05) is 31.2 Å². The van der Waals surface area contributed by atoms with Gasteiger partial charge < -0.3 is 16.0 Å². The summed E-state index contributed by atoms with van der Waals surface area (Å²) in [4.78, 5) is 18.9. The number of carbonyl (C=O) groups excluding carboxylic acids is 1. The minimum absolute atomic E-state index is 0. The van der Waals surface area contributed by atoms with Crippen molar-refractivity contribution in [2.45, 2.75) is 52.9 Å². The van der Waals surface area contributed by atoms with Gasteiger partial charge in [-0.2, -0.15) is 0 Å². The lowest BCUT2D eigenvalue weighted by molar-refractivity contribution is -0.116. The number of amides is 1. The second-order valence-corrected chi connectivity index (χ2v) is 6.86. The number of rotatable bonds is 10. The molecule has 1 amide bonds. The summed E-state index contributed by atoms with van der Waals surface area (Å²) in [6, 6.07) is 12.0. The number of nitrogens with zero attached hydrogens (tertiary/aromatic N) is 2. The third-order valence-corrected chi connectivity index (χ3v) is 4.66. The van der Waals surface area contributed by atoms with Crippen LogP contribution in [0.25, 0.3) is 0 Å². The molecule has 1 aromatic heterocycles. The predicted molar refractivity (Wildman–Crippen MR) is 121 cm³/mol. The second-order valence-electron chi connectivity index (χ2n) is 6.86. The lowest BCUT2D eigenvalue weighted by Gasteiger charge is -2.24. The number of nitrogens with two attached hydrogens (primary N) is 1. The zero-order chi connectivity index (χ0) is 19.6. The van der Waals surface area contributed by atoms with Crippen LogP contribution in [0.1, 0.15) is 50.8 Å². The molecule has 0 unspecified atom stereocenters. The van der Waals surface area contributed by atoms with Crippen LogP contribution in [0.2, 0.25) is 0 Å². The van der Waals surface area contributed by atoms with Crippen molar-refractivity contribution in [2.24, 2.45) is 0 Å².